The Labute approximate surface area is 252 Å². The largest absolute Gasteiger partial charge is 0.465 e. The van der Waals surface area contributed by atoms with E-state index in [9.17, 15) is 19.2 Å². The molecule has 0 N–H and O–H groups in total. The van der Waals surface area contributed by atoms with Crippen LogP contribution in [0.1, 0.15) is 120 Å². The van der Waals surface area contributed by atoms with Gasteiger partial charge >= 0.3 is 11.9 Å². The third kappa shape index (κ3) is 4.44. The summed E-state index contributed by atoms with van der Waals surface area (Å²) in [5.74, 6) is 0.237. The highest BCUT2D eigenvalue weighted by Crippen LogP contribution is 2.74. The van der Waals surface area contributed by atoms with Gasteiger partial charge in [0.15, 0.2) is 11.4 Å². The highest BCUT2D eigenvalue weighted by atomic mass is 16.6. The summed E-state index contributed by atoms with van der Waals surface area (Å²) in [5, 5.41) is 0. The van der Waals surface area contributed by atoms with Gasteiger partial charge < -0.3 is 14.2 Å². The Bertz CT molecular complexity index is 1150. The van der Waals surface area contributed by atoms with Crippen molar-refractivity contribution in [1.82, 2.24) is 0 Å². The Hall–Kier alpha value is -1.76. The molecular formula is C35H54O7. The standard InChI is InChI=1S/C35H54O7/c1-21(2)35(20-41-35)27(38)18-34(19-40-22(3)36)17-16-32(8)24(29(34)39)10-11-26-31(7)14-13-28(42-23(4)37)30(5,6)25(31)12-15-33(26,32)9/h21,24-26,28H,10-20H2,1-9H3/t24-,25+,26-,28+,31+,32-,33-,34+,35-/m1/s1. The minimum Gasteiger partial charge on any atom is -0.465 e. The molecule has 0 radical (unpaired) electrons. The van der Waals surface area contributed by atoms with Crippen LogP contribution >= 0.6 is 0 Å². The second kappa shape index (κ2) is 10.1. The van der Waals surface area contributed by atoms with E-state index in [0.29, 0.717) is 24.9 Å². The topological polar surface area (TPSA) is 99.3 Å². The van der Waals surface area contributed by atoms with Gasteiger partial charge in [0.2, 0.25) is 0 Å². The number of carbonyl (C=O) groups is 4. The Morgan fingerprint density at radius 1 is 0.857 bits per heavy atom. The first-order chi connectivity index (χ1) is 19.4. The molecule has 0 bridgehead atoms. The lowest BCUT2D eigenvalue weighted by molar-refractivity contribution is -0.237. The predicted molar refractivity (Wildman–Crippen MR) is 158 cm³/mol. The summed E-state index contributed by atoms with van der Waals surface area (Å²) in [5.41, 5.74) is -2.05. The number of ketones is 2. The fourth-order valence-electron chi connectivity index (χ4n) is 11.2. The molecule has 236 valence electrons. The van der Waals surface area contributed by atoms with E-state index in [4.69, 9.17) is 14.2 Å². The molecule has 0 amide bonds. The van der Waals surface area contributed by atoms with Crippen LogP contribution < -0.4 is 0 Å². The van der Waals surface area contributed by atoms with Crippen molar-refractivity contribution in [3.05, 3.63) is 0 Å². The van der Waals surface area contributed by atoms with Gasteiger partial charge in [-0.1, -0.05) is 48.5 Å². The van der Waals surface area contributed by atoms with E-state index in [1.54, 1.807) is 0 Å². The molecule has 42 heavy (non-hydrogen) atoms. The quantitative estimate of drug-likeness (QED) is 0.248. The first-order valence-electron chi connectivity index (χ1n) is 16.4. The van der Waals surface area contributed by atoms with Crippen molar-refractivity contribution in [2.75, 3.05) is 13.2 Å². The maximum absolute atomic E-state index is 14.7. The maximum atomic E-state index is 14.7. The molecule has 5 rings (SSSR count). The summed E-state index contributed by atoms with van der Waals surface area (Å²) in [6, 6.07) is 0. The third-order valence-corrected chi connectivity index (χ3v) is 14.0. The van der Waals surface area contributed by atoms with Crippen molar-refractivity contribution >= 4 is 23.5 Å². The second-order valence-electron chi connectivity index (χ2n) is 16.4. The van der Waals surface area contributed by atoms with Gasteiger partial charge in [-0.05, 0) is 85.4 Å². The molecule has 4 aliphatic carbocycles. The molecule has 1 aliphatic heterocycles. The fraction of sp³-hybridized carbons (Fsp3) is 0.886. The molecule has 9 atom stereocenters. The Balaban J connectivity index is 1.45. The van der Waals surface area contributed by atoms with E-state index in [-0.39, 0.29) is 70.2 Å². The van der Waals surface area contributed by atoms with E-state index >= 15 is 0 Å². The zero-order valence-electron chi connectivity index (χ0n) is 27.5. The highest BCUT2D eigenvalue weighted by molar-refractivity contribution is 5.98. The summed E-state index contributed by atoms with van der Waals surface area (Å²) in [6.45, 7) is 19.1. The van der Waals surface area contributed by atoms with E-state index in [1.165, 1.54) is 13.8 Å². The number of hydrogen-bond donors (Lipinski definition) is 0. The van der Waals surface area contributed by atoms with E-state index in [0.717, 1.165) is 44.9 Å². The predicted octanol–water partition coefficient (Wildman–Crippen LogP) is 6.49. The van der Waals surface area contributed by atoms with Crippen molar-refractivity contribution < 1.29 is 33.4 Å². The molecule has 4 saturated carbocycles. The average Bonchev–Trinajstić information content (AvgIpc) is 3.70. The molecule has 1 saturated heterocycles. The summed E-state index contributed by atoms with van der Waals surface area (Å²) in [4.78, 5) is 52.3. The zero-order valence-corrected chi connectivity index (χ0v) is 27.5. The van der Waals surface area contributed by atoms with E-state index in [2.05, 4.69) is 34.6 Å². The number of carbonyl (C=O) groups excluding carboxylic acids is 4. The third-order valence-electron chi connectivity index (χ3n) is 14.0. The van der Waals surface area contributed by atoms with Gasteiger partial charge in [-0.25, -0.2) is 0 Å². The van der Waals surface area contributed by atoms with Crippen LogP contribution in [0.2, 0.25) is 0 Å². The first kappa shape index (κ1) is 31.7. The van der Waals surface area contributed by atoms with Crippen LogP contribution in [0.4, 0.5) is 0 Å². The summed E-state index contributed by atoms with van der Waals surface area (Å²) < 4.78 is 17.1. The smallest absolute Gasteiger partial charge is 0.302 e. The number of Topliss-reactive ketones (excluding diaryl/α,β-unsaturated/α-hetero) is 2. The van der Waals surface area contributed by atoms with E-state index < -0.39 is 17.0 Å². The van der Waals surface area contributed by atoms with Crippen molar-refractivity contribution in [2.45, 2.75) is 132 Å². The van der Waals surface area contributed by atoms with Crippen LogP contribution in [0.25, 0.3) is 0 Å². The SMILES string of the molecule is CC(=O)OC[C@@]1(CC(=O)[C@]2(C(C)C)CO2)CC[C@]2(C)[C@H](CC[C@@H]3[C@@]4(C)CC[C@H](OC(C)=O)C(C)(C)[C@@H]4CC[C@]32C)C1=O. The number of esters is 2. The summed E-state index contributed by atoms with van der Waals surface area (Å²) in [6.07, 6.45) is 7.16. The average molecular weight is 587 g/mol. The molecular weight excluding hydrogens is 532 g/mol. The van der Waals surface area contributed by atoms with Gasteiger partial charge in [-0.3, -0.25) is 19.2 Å². The van der Waals surface area contributed by atoms with Crippen molar-refractivity contribution in [3.63, 3.8) is 0 Å². The molecule has 0 aromatic heterocycles. The Morgan fingerprint density at radius 2 is 1.52 bits per heavy atom. The summed E-state index contributed by atoms with van der Waals surface area (Å²) in [7, 11) is 0. The van der Waals surface area contributed by atoms with Crippen molar-refractivity contribution in [3.8, 4) is 0 Å². The molecule has 5 fully saturated rings. The van der Waals surface area contributed by atoms with Gasteiger partial charge in [0.1, 0.15) is 18.5 Å². The molecule has 7 nitrogen and oxygen atoms in total. The van der Waals surface area contributed by atoms with Gasteiger partial charge in [-0.15, -0.1) is 0 Å². The van der Waals surface area contributed by atoms with Crippen LogP contribution in [0, 0.1) is 50.7 Å². The van der Waals surface area contributed by atoms with Crippen molar-refractivity contribution in [1.29, 1.82) is 0 Å². The zero-order chi connectivity index (χ0) is 31.1. The normalized spacial score (nSPS) is 45.7. The fourth-order valence-corrected chi connectivity index (χ4v) is 11.2. The molecule has 1 heterocycles. The lowest BCUT2D eigenvalue weighted by Gasteiger charge is -2.71. The molecule has 0 unspecified atom stereocenters. The number of fused-ring (bicyclic) bond motifs is 5. The number of epoxide rings is 1. The van der Waals surface area contributed by atoms with Gasteiger partial charge in [0, 0.05) is 31.6 Å². The molecule has 5 aliphatic rings. The minimum absolute atomic E-state index is 0.0266. The number of hydrogen-bond acceptors (Lipinski definition) is 7. The first-order valence-corrected chi connectivity index (χ1v) is 16.4. The van der Waals surface area contributed by atoms with Gasteiger partial charge in [-0.2, -0.15) is 0 Å². The maximum Gasteiger partial charge on any atom is 0.302 e. The lowest BCUT2D eigenvalue weighted by Crippen LogP contribution is -2.67. The number of ether oxygens (including phenoxy) is 3. The van der Waals surface area contributed by atoms with Crippen molar-refractivity contribution in [2.24, 2.45) is 50.7 Å². The van der Waals surface area contributed by atoms with Crippen LogP contribution in [0.15, 0.2) is 0 Å². The van der Waals surface area contributed by atoms with Crippen LogP contribution in [0.3, 0.4) is 0 Å². The monoisotopic (exact) mass is 586 g/mol. The van der Waals surface area contributed by atoms with Gasteiger partial charge in [0.25, 0.3) is 0 Å². The highest BCUT2D eigenvalue weighted by Gasteiger charge is 2.70. The Kier molecular flexibility index (Phi) is 7.64. The van der Waals surface area contributed by atoms with Gasteiger partial charge in [0.05, 0.1) is 12.0 Å². The van der Waals surface area contributed by atoms with Crippen LogP contribution in [0.5, 0.6) is 0 Å². The molecule has 0 spiro atoms. The number of rotatable bonds is 7. The Morgan fingerprint density at radius 3 is 2.10 bits per heavy atom. The van der Waals surface area contributed by atoms with E-state index in [1.807, 2.05) is 13.8 Å². The van der Waals surface area contributed by atoms with Crippen LogP contribution in [-0.4, -0.2) is 48.4 Å². The molecule has 7 heteroatoms. The lowest BCUT2D eigenvalue weighted by atomic mass is 9.33. The summed E-state index contributed by atoms with van der Waals surface area (Å²) >= 11 is 0. The molecule has 0 aromatic carbocycles. The molecule has 0 aromatic rings. The minimum atomic E-state index is -0.991. The second-order valence-corrected chi connectivity index (χ2v) is 16.4. The van der Waals surface area contributed by atoms with Crippen LogP contribution in [-0.2, 0) is 33.4 Å².